The molecule has 0 aromatic heterocycles. The number of nitrogens with zero attached hydrogens (tertiary/aromatic N) is 2. The third kappa shape index (κ3) is 4.55. The van der Waals surface area contributed by atoms with Crippen LogP contribution >= 0.6 is 0 Å². The summed E-state index contributed by atoms with van der Waals surface area (Å²) in [5.74, 6) is -0.0959. The molecule has 1 saturated carbocycles. The molecule has 1 unspecified atom stereocenters. The SMILES string of the molecule is O=C(O)CN1CCCC(CN(Cc2ccccc2)C2CC2)C1. The van der Waals surface area contributed by atoms with E-state index in [0.29, 0.717) is 5.92 Å². The molecule has 1 N–H and O–H groups in total. The molecular formula is C18H26N2O2. The fourth-order valence-electron chi connectivity index (χ4n) is 3.57. The normalized spacial score (nSPS) is 22.9. The van der Waals surface area contributed by atoms with Crippen LogP contribution in [0.25, 0.3) is 0 Å². The van der Waals surface area contributed by atoms with Gasteiger partial charge in [-0.2, -0.15) is 0 Å². The van der Waals surface area contributed by atoms with E-state index < -0.39 is 5.97 Å². The molecule has 3 rings (SSSR count). The Morgan fingerprint density at radius 1 is 1.23 bits per heavy atom. The summed E-state index contributed by atoms with van der Waals surface area (Å²) in [6.07, 6.45) is 4.99. The number of carbonyl (C=O) groups is 1. The highest BCUT2D eigenvalue weighted by atomic mass is 16.4. The monoisotopic (exact) mass is 302 g/mol. The first-order valence-corrected chi connectivity index (χ1v) is 8.43. The van der Waals surface area contributed by atoms with Crippen LogP contribution in [0.4, 0.5) is 0 Å². The molecular weight excluding hydrogens is 276 g/mol. The van der Waals surface area contributed by atoms with Gasteiger partial charge in [0.2, 0.25) is 0 Å². The van der Waals surface area contributed by atoms with Gasteiger partial charge in [0.1, 0.15) is 0 Å². The van der Waals surface area contributed by atoms with E-state index in [1.807, 2.05) is 0 Å². The third-order valence-electron chi connectivity index (χ3n) is 4.75. The van der Waals surface area contributed by atoms with Crippen molar-refractivity contribution < 1.29 is 9.90 Å². The molecule has 1 saturated heterocycles. The van der Waals surface area contributed by atoms with Gasteiger partial charge in [-0.15, -0.1) is 0 Å². The van der Waals surface area contributed by atoms with Gasteiger partial charge >= 0.3 is 5.97 Å². The first kappa shape index (κ1) is 15.5. The average molecular weight is 302 g/mol. The Hall–Kier alpha value is -1.39. The summed E-state index contributed by atoms with van der Waals surface area (Å²) in [7, 11) is 0. The van der Waals surface area contributed by atoms with Crippen molar-refractivity contribution in [2.45, 2.75) is 38.3 Å². The van der Waals surface area contributed by atoms with E-state index in [4.69, 9.17) is 5.11 Å². The lowest BCUT2D eigenvalue weighted by atomic mass is 9.97. The number of benzene rings is 1. The largest absolute Gasteiger partial charge is 0.480 e. The highest BCUT2D eigenvalue weighted by Crippen LogP contribution is 2.30. The smallest absolute Gasteiger partial charge is 0.317 e. The second-order valence-electron chi connectivity index (χ2n) is 6.78. The van der Waals surface area contributed by atoms with Crippen LogP contribution in [0.1, 0.15) is 31.2 Å². The van der Waals surface area contributed by atoms with Crippen molar-refractivity contribution in [2.24, 2.45) is 5.92 Å². The molecule has 4 heteroatoms. The lowest BCUT2D eigenvalue weighted by Crippen LogP contribution is -2.43. The van der Waals surface area contributed by atoms with Crippen molar-refractivity contribution in [3.05, 3.63) is 35.9 Å². The summed E-state index contributed by atoms with van der Waals surface area (Å²) in [5.41, 5.74) is 1.38. The van der Waals surface area contributed by atoms with E-state index in [-0.39, 0.29) is 6.54 Å². The number of likely N-dealkylation sites (tertiary alicyclic amines) is 1. The molecule has 0 bridgehead atoms. The van der Waals surface area contributed by atoms with Gasteiger partial charge in [0.05, 0.1) is 6.54 Å². The first-order chi connectivity index (χ1) is 10.7. The quantitative estimate of drug-likeness (QED) is 0.840. The molecule has 0 radical (unpaired) electrons. The minimum Gasteiger partial charge on any atom is -0.480 e. The minimum absolute atomic E-state index is 0.193. The Morgan fingerprint density at radius 2 is 2.00 bits per heavy atom. The fraction of sp³-hybridized carbons (Fsp3) is 0.611. The van der Waals surface area contributed by atoms with Crippen molar-refractivity contribution in [3.8, 4) is 0 Å². The van der Waals surface area contributed by atoms with Gasteiger partial charge in [0, 0.05) is 25.7 Å². The van der Waals surface area contributed by atoms with Crippen LogP contribution in [0.15, 0.2) is 30.3 Å². The highest BCUT2D eigenvalue weighted by Gasteiger charge is 2.32. The van der Waals surface area contributed by atoms with E-state index in [9.17, 15) is 4.79 Å². The maximum Gasteiger partial charge on any atom is 0.317 e. The van der Waals surface area contributed by atoms with Crippen LogP contribution in [0.3, 0.4) is 0 Å². The predicted octanol–water partition coefficient (Wildman–Crippen LogP) is 2.45. The number of carboxylic acid groups (broad SMARTS) is 1. The van der Waals surface area contributed by atoms with E-state index >= 15 is 0 Å². The molecule has 0 amide bonds. The molecule has 4 nitrogen and oxygen atoms in total. The van der Waals surface area contributed by atoms with Gasteiger partial charge in [-0.3, -0.25) is 14.6 Å². The van der Waals surface area contributed by atoms with Crippen molar-refractivity contribution in [1.82, 2.24) is 9.80 Å². The average Bonchev–Trinajstić information content (AvgIpc) is 3.32. The van der Waals surface area contributed by atoms with Gasteiger partial charge < -0.3 is 5.11 Å². The van der Waals surface area contributed by atoms with E-state index in [2.05, 4.69) is 40.1 Å². The summed E-state index contributed by atoms with van der Waals surface area (Å²) in [5, 5.41) is 8.97. The summed E-state index contributed by atoms with van der Waals surface area (Å²) < 4.78 is 0. The number of rotatable bonds is 7. The lowest BCUT2D eigenvalue weighted by molar-refractivity contribution is -0.138. The molecule has 1 aliphatic carbocycles. The van der Waals surface area contributed by atoms with Crippen LogP contribution in [0.2, 0.25) is 0 Å². The first-order valence-electron chi connectivity index (χ1n) is 8.43. The van der Waals surface area contributed by atoms with Crippen LogP contribution in [-0.4, -0.2) is 53.1 Å². The van der Waals surface area contributed by atoms with Crippen LogP contribution in [0.5, 0.6) is 0 Å². The molecule has 1 aromatic rings. The molecule has 1 aromatic carbocycles. The summed E-state index contributed by atoms with van der Waals surface area (Å²) in [4.78, 5) is 15.6. The summed E-state index contributed by atoms with van der Waals surface area (Å²) in [6, 6.07) is 11.4. The zero-order valence-electron chi connectivity index (χ0n) is 13.2. The van der Waals surface area contributed by atoms with Gasteiger partial charge in [-0.05, 0) is 43.7 Å². The van der Waals surface area contributed by atoms with Crippen LogP contribution < -0.4 is 0 Å². The Balaban J connectivity index is 1.55. The highest BCUT2D eigenvalue weighted by molar-refractivity contribution is 5.69. The van der Waals surface area contributed by atoms with Gasteiger partial charge in [-0.25, -0.2) is 0 Å². The van der Waals surface area contributed by atoms with Crippen molar-refractivity contribution in [3.63, 3.8) is 0 Å². The van der Waals surface area contributed by atoms with Crippen molar-refractivity contribution in [2.75, 3.05) is 26.2 Å². The molecule has 2 aliphatic rings. The van der Waals surface area contributed by atoms with Crippen LogP contribution in [0, 0.1) is 5.92 Å². The topological polar surface area (TPSA) is 43.8 Å². The number of carboxylic acids is 1. The fourth-order valence-corrected chi connectivity index (χ4v) is 3.57. The number of piperidine rings is 1. The number of hydrogen-bond donors (Lipinski definition) is 1. The summed E-state index contributed by atoms with van der Waals surface area (Å²) >= 11 is 0. The molecule has 22 heavy (non-hydrogen) atoms. The summed E-state index contributed by atoms with van der Waals surface area (Å²) in [6.45, 7) is 4.20. The maximum atomic E-state index is 10.9. The third-order valence-corrected chi connectivity index (χ3v) is 4.75. The molecule has 1 atom stereocenters. The number of hydrogen-bond acceptors (Lipinski definition) is 3. The van der Waals surface area contributed by atoms with Gasteiger partial charge in [0.25, 0.3) is 0 Å². The van der Waals surface area contributed by atoms with E-state index in [1.165, 1.54) is 24.8 Å². The Morgan fingerprint density at radius 3 is 2.68 bits per heavy atom. The zero-order chi connectivity index (χ0) is 15.4. The Labute approximate surface area is 132 Å². The molecule has 2 fully saturated rings. The number of aliphatic carboxylic acids is 1. The molecule has 120 valence electrons. The standard InChI is InChI=1S/C18H26N2O2/c21-18(22)14-19-10-4-7-16(11-19)13-20(17-8-9-17)12-15-5-2-1-3-6-15/h1-3,5-6,16-17H,4,7-14H2,(H,21,22). The molecule has 0 spiro atoms. The second-order valence-corrected chi connectivity index (χ2v) is 6.78. The Bertz CT molecular complexity index is 487. The van der Waals surface area contributed by atoms with Crippen molar-refractivity contribution in [1.29, 1.82) is 0 Å². The Kier molecular flexibility index (Phi) is 5.11. The molecule has 1 heterocycles. The second kappa shape index (κ2) is 7.25. The predicted molar refractivity (Wildman–Crippen MR) is 86.7 cm³/mol. The maximum absolute atomic E-state index is 10.9. The van der Waals surface area contributed by atoms with E-state index in [1.54, 1.807) is 0 Å². The lowest BCUT2D eigenvalue weighted by Gasteiger charge is -2.35. The zero-order valence-corrected chi connectivity index (χ0v) is 13.2. The van der Waals surface area contributed by atoms with Gasteiger partial charge in [-0.1, -0.05) is 30.3 Å². The van der Waals surface area contributed by atoms with E-state index in [0.717, 1.165) is 38.6 Å². The van der Waals surface area contributed by atoms with Gasteiger partial charge in [0.15, 0.2) is 0 Å². The minimum atomic E-state index is -0.705. The van der Waals surface area contributed by atoms with Crippen LogP contribution in [-0.2, 0) is 11.3 Å². The van der Waals surface area contributed by atoms with Crippen molar-refractivity contribution >= 4 is 5.97 Å². The molecule has 1 aliphatic heterocycles.